The topological polar surface area (TPSA) is 52.0 Å². The Morgan fingerprint density at radius 3 is 1.93 bits per heavy atom. The monoisotopic (exact) mass is 402 g/mol. The fourth-order valence-electron chi connectivity index (χ4n) is 3.45. The minimum absolute atomic E-state index is 0.0794. The Labute approximate surface area is 171 Å². The first-order valence-electron chi connectivity index (χ1n) is 9.41. The van der Waals surface area contributed by atoms with Crippen molar-refractivity contribution in [1.29, 1.82) is 0 Å². The van der Waals surface area contributed by atoms with Crippen molar-refractivity contribution in [3.63, 3.8) is 0 Å². The Balaban J connectivity index is 1.86. The Bertz CT molecular complexity index is 1230. The molecule has 0 aliphatic heterocycles. The van der Waals surface area contributed by atoms with Gasteiger partial charge < -0.3 is 4.57 Å². The molecule has 0 radical (unpaired) electrons. The fourth-order valence-corrected chi connectivity index (χ4v) is 4.95. The number of benzene rings is 3. The van der Waals surface area contributed by atoms with Gasteiger partial charge in [-0.3, -0.25) is 0 Å². The summed E-state index contributed by atoms with van der Waals surface area (Å²) >= 11 is 0. The van der Waals surface area contributed by atoms with E-state index in [2.05, 4.69) is 4.98 Å². The van der Waals surface area contributed by atoms with Gasteiger partial charge in [0.15, 0.2) is 0 Å². The molecule has 29 heavy (non-hydrogen) atoms. The van der Waals surface area contributed by atoms with Crippen molar-refractivity contribution in [2.75, 3.05) is 0 Å². The molecule has 4 aromatic rings. The number of hydrogen-bond donors (Lipinski definition) is 0. The molecule has 1 aromatic heterocycles. The van der Waals surface area contributed by atoms with Gasteiger partial charge in [-0.25, -0.2) is 13.4 Å². The van der Waals surface area contributed by atoms with Crippen LogP contribution in [0.25, 0.3) is 22.5 Å². The second-order valence-electron chi connectivity index (χ2n) is 7.13. The lowest BCUT2D eigenvalue weighted by Gasteiger charge is -2.08. The van der Waals surface area contributed by atoms with Gasteiger partial charge in [0.25, 0.3) is 0 Å². The summed E-state index contributed by atoms with van der Waals surface area (Å²) in [5.41, 5.74) is 5.12. The zero-order chi connectivity index (χ0) is 20.4. The molecule has 4 rings (SSSR count). The fraction of sp³-hybridized carbons (Fsp3) is 0.125. The van der Waals surface area contributed by atoms with E-state index in [0.717, 1.165) is 27.9 Å². The number of imidazole rings is 1. The molecule has 0 aliphatic carbocycles. The molecule has 0 atom stereocenters. The summed E-state index contributed by atoms with van der Waals surface area (Å²) in [6, 6.07) is 27.0. The summed E-state index contributed by atoms with van der Waals surface area (Å²) in [4.78, 5) is 4.62. The van der Waals surface area contributed by atoms with Crippen LogP contribution in [0.4, 0.5) is 0 Å². The Morgan fingerprint density at radius 1 is 0.793 bits per heavy atom. The zero-order valence-corrected chi connectivity index (χ0v) is 17.2. The van der Waals surface area contributed by atoms with Crippen LogP contribution in [0, 0.1) is 6.92 Å². The maximum Gasteiger partial charge on any atom is 0.228 e. The van der Waals surface area contributed by atoms with Gasteiger partial charge >= 0.3 is 0 Å². The predicted octanol–water partition coefficient (Wildman–Crippen LogP) is 5.04. The van der Waals surface area contributed by atoms with E-state index >= 15 is 0 Å². The van der Waals surface area contributed by atoms with Gasteiger partial charge in [-0.1, -0.05) is 90.5 Å². The molecule has 0 spiro atoms. The molecule has 0 saturated heterocycles. The zero-order valence-electron chi connectivity index (χ0n) is 16.4. The van der Waals surface area contributed by atoms with Crippen LogP contribution in [0.5, 0.6) is 0 Å². The minimum atomic E-state index is -3.62. The van der Waals surface area contributed by atoms with Gasteiger partial charge in [-0.15, -0.1) is 0 Å². The van der Waals surface area contributed by atoms with Gasteiger partial charge in [0.05, 0.1) is 17.1 Å². The molecule has 146 valence electrons. The maximum absolute atomic E-state index is 13.3. The Hall–Kier alpha value is -3.18. The van der Waals surface area contributed by atoms with Gasteiger partial charge in [-0.2, -0.15) is 0 Å². The molecule has 5 heteroatoms. The Morgan fingerprint density at radius 2 is 1.34 bits per heavy atom. The van der Waals surface area contributed by atoms with Crippen molar-refractivity contribution in [3.8, 4) is 22.5 Å². The van der Waals surface area contributed by atoms with E-state index < -0.39 is 9.84 Å². The standard InChI is InChI=1S/C24H22N2O2S/c1-18-13-15-19(16-14-18)17-29(27,28)24-25-22(20-9-5-3-6-10-20)23(26(24)2)21-11-7-4-8-12-21/h3-16H,17H2,1-2H3. The van der Waals surface area contributed by atoms with Crippen LogP contribution in [-0.4, -0.2) is 18.0 Å². The number of rotatable bonds is 5. The highest BCUT2D eigenvalue weighted by Gasteiger charge is 2.26. The van der Waals surface area contributed by atoms with Crippen molar-refractivity contribution in [2.24, 2.45) is 7.05 Å². The van der Waals surface area contributed by atoms with Crippen molar-refractivity contribution >= 4 is 9.84 Å². The third kappa shape index (κ3) is 3.87. The summed E-state index contributed by atoms with van der Waals surface area (Å²) in [5, 5.41) is 0.0794. The molecule has 3 aromatic carbocycles. The van der Waals surface area contributed by atoms with Gasteiger partial charge in [0.1, 0.15) is 0 Å². The van der Waals surface area contributed by atoms with E-state index in [9.17, 15) is 8.42 Å². The van der Waals surface area contributed by atoms with Gasteiger partial charge in [0, 0.05) is 18.2 Å². The Kier molecular flexibility index (Phi) is 5.07. The predicted molar refractivity (Wildman–Crippen MR) is 116 cm³/mol. The molecule has 0 saturated carbocycles. The highest BCUT2D eigenvalue weighted by molar-refractivity contribution is 7.90. The third-order valence-corrected chi connectivity index (χ3v) is 6.54. The molecule has 0 fully saturated rings. The summed E-state index contributed by atoms with van der Waals surface area (Å²) in [6.07, 6.45) is 0. The maximum atomic E-state index is 13.3. The molecule has 0 N–H and O–H groups in total. The first-order chi connectivity index (χ1) is 14.0. The smallest absolute Gasteiger partial charge is 0.228 e. The van der Waals surface area contributed by atoms with Crippen LogP contribution in [-0.2, 0) is 22.6 Å². The molecule has 0 amide bonds. The van der Waals surface area contributed by atoms with Crippen molar-refractivity contribution in [2.45, 2.75) is 17.8 Å². The van der Waals surface area contributed by atoms with Crippen molar-refractivity contribution in [3.05, 3.63) is 96.1 Å². The first-order valence-corrected chi connectivity index (χ1v) is 11.1. The molecule has 4 nitrogen and oxygen atoms in total. The van der Waals surface area contributed by atoms with Crippen LogP contribution in [0.15, 0.2) is 90.1 Å². The van der Waals surface area contributed by atoms with Crippen molar-refractivity contribution < 1.29 is 8.42 Å². The quantitative estimate of drug-likeness (QED) is 0.470. The first kappa shape index (κ1) is 19.2. The third-order valence-electron chi connectivity index (χ3n) is 4.90. The van der Waals surface area contributed by atoms with E-state index in [0.29, 0.717) is 5.69 Å². The molecule has 1 heterocycles. The number of hydrogen-bond acceptors (Lipinski definition) is 3. The number of sulfone groups is 1. The summed E-state index contributed by atoms with van der Waals surface area (Å²) in [6.45, 7) is 1.98. The van der Waals surface area contributed by atoms with E-state index in [1.165, 1.54) is 0 Å². The summed E-state index contributed by atoms with van der Waals surface area (Å²) in [7, 11) is -1.86. The van der Waals surface area contributed by atoms with E-state index in [-0.39, 0.29) is 10.9 Å². The van der Waals surface area contributed by atoms with Crippen LogP contribution in [0.3, 0.4) is 0 Å². The summed E-state index contributed by atoms with van der Waals surface area (Å²) < 4.78 is 28.2. The van der Waals surface area contributed by atoms with Gasteiger partial charge in [0.2, 0.25) is 15.0 Å². The second-order valence-corrected chi connectivity index (χ2v) is 9.01. The number of aryl methyl sites for hydroxylation is 1. The van der Waals surface area contributed by atoms with Gasteiger partial charge in [-0.05, 0) is 12.5 Å². The van der Waals surface area contributed by atoms with E-state index in [1.54, 1.807) is 11.6 Å². The van der Waals surface area contributed by atoms with Crippen LogP contribution in [0.1, 0.15) is 11.1 Å². The minimum Gasteiger partial charge on any atom is -0.317 e. The molecular weight excluding hydrogens is 380 g/mol. The molecule has 0 unspecified atom stereocenters. The largest absolute Gasteiger partial charge is 0.317 e. The highest BCUT2D eigenvalue weighted by Crippen LogP contribution is 2.34. The van der Waals surface area contributed by atoms with Crippen molar-refractivity contribution in [1.82, 2.24) is 9.55 Å². The number of aromatic nitrogens is 2. The SMILES string of the molecule is Cc1ccc(CS(=O)(=O)c2nc(-c3ccccc3)c(-c3ccccc3)n2C)cc1. The molecule has 0 aliphatic rings. The van der Waals surface area contributed by atoms with Crippen LogP contribution in [0.2, 0.25) is 0 Å². The molecular formula is C24H22N2O2S. The van der Waals surface area contributed by atoms with Crippen LogP contribution < -0.4 is 0 Å². The second kappa shape index (κ2) is 7.68. The number of nitrogens with zero attached hydrogens (tertiary/aromatic N) is 2. The highest BCUT2D eigenvalue weighted by atomic mass is 32.2. The normalized spacial score (nSPS) is 11.5. The molecule has 0 bridgehead atoms. The lowest BCUT2D eigenvalue weighted by Crippen LogP contribution is -2.11. The lowest BCUT2D eigenvalue weighted by molar-refractivity contribution is 0.579. The summed E-state index contributed by atoms with van der Waals surface area (Å²) in [5.74, 6) is -0.0827. The average Bonchev–Trinajstić information content (AvgIpc) is 3.09. The average molecular weight is 403 g/mol. The lowest BCUT2D eigenvalue weighted by atomic mass is 10.1. The van der Waals surface area contributed by atoms with Crippen LogP contribution >= 0.6 is 0 Å². The van der Waals surface area contributed by atoms with E-state index in [4.69, 9.17) is 0 Å². The van der Waals surface area contributed by atoms with E-state index in [1.807, 2.05) is 91.9 Å².